The molecule has 0 aromatic heterocycles. The maximum atomic E-state index is 13.0. The molecule has 1 saturated heterocycles. The van der Waals surface area contributed by atoms with E-state index >= 15 is 0 Å². The predicted molar refractivity (Wildman–Crippen MR) is 147 cm³/mol. The fourth-order valence-electron chi connectivity index (χ4n) is 4.71. The van der Waals surface area contributed by atoms with Crippen molar-refractivity contribution in [3.05, 3.63) is 71.8 Å². The Morgan fingerprint density at radius 2 is 1.35 bits per heavy atom. The zero-order valence-corrected chi connectivity index (χ0v) is 25.0. The number of hydrogen-bond acceptors (Lipinski definition) is 7. The average molecular weight is 605 g/mol. The summed E-state index contributed by atoms with van der Waals surface area (Å²) in [6.07, 6.45) is -2.66. The van der Waals surface area contributed by atoms with E-state index in [1.165, 1.54) is 0 Å². The normalized spacial score (nSPS) is 22.4. The molecule has 2 aromatic carbocycles. The quantitative estimate of drug-likeness (QED) is 0.136. The van der Waals surface area contributed by atoms with Crippen molar-refractivity contribution in [2.24, 2.45) is 0 Å². The molecule has 0 saturated carbocycles. The van der Waals surface area contributed by atoms with Crippen molar-refractivity contribution in [2.75, 3.05) is 13.2 Å². The van der Waals surface area contributed by atoms with Crippen LogP contribution in [0.15, 0.2) is 60.7 Å². The summed E-state index contributed by atoms with van der Waals surface area (Å²) in [4.78, 5) is 0. The fraction of sp³-hybridized carbons (Fsp3) is 0.571. The van der Waals surface area contributed by atoms with Gasteiger partial charge in [-0.3, -0.25) is 4.18 Å². The first-order valence-corrected chi connectivity index (χ1v) is 17.5. The van der Waals surface area contributed by atoms with Gasteiger partial charge in [-0.25, -0.2) is 0 Å². The van der Waals surface area contributed by atoms with Crippen molar-refractivity contribution in [1.29, 1.82) is 0 Å². The lowest BCUT2D eigenvalue weighted by Gasteiger charge is -2.44. The molecule has 40 heavy (non-hydrogen) atoms. The van der Waals surface area contributed by atoms with E-state index < -0.39 is 55.0 Å². The molecule has 0 aliphatic carbocycles. The Bertz CT molecular complexity index is 1110. The van der Waals surface area contributed by atoms with E-state index in [1.807, 2.05) is 81.4 Å². The van der Waals surface area contributed by atoms with Gasteiger partial charge in [0, 0.05) is 6.42 Å². The molecule has 1 aliphatic rings. The summed E-state index contributed by atoms with van der Waals surface area (Å²) in [5.41, 5.74) is -3.64. The molecule has 12 heteroatoms. The molecule has 0 radical (unpaired) electrons. The van der Waals surface area contributed by atoms with Crippen LogP contribution < -0.4 is 0 Å². The topological polar surface area (TPSA) is 80.3 Å². The van der Waals surface area contributed by atoms with E-state index in [4.69, 9.17) is 18.6 Å². The molecule has 0 unspecified atom stereocenters. The first kappa shape index (κ1) is 32.7. The Morgan fingerprint density at radius 1 is 0.825 bits per heavy atom. The third-order valence-electron chi connectivity index (χ3n) is 7.35. The van der Waals surface area contributed by atoms with Crippen LogP contribution in [0.25, 0.3) is 0 Å². The minimum Gasteiger partial charge on any atom is -0.411 e. The first-order chi connectivity index (χ1) is 19.0. The van der Waals surface area contributed by atoms with E-state index in [-0.39, 0.29) is 13.2 Å². The highest BCUT2D eigenvalue weighted by Gasteiger charge is 2.49. The van der Waals surface area contributed by atoms with Crippen LogP contribution in [0.2, 0.25) is 18.1 Å². The zero-order valence-electron chi connectivity index (χ0n) is 23.1. The lowest BCUT2D eigenvalue weighted by Crippen LogP contribution is -2.56. The van der Waals surface area contributed by atoms with Gasteiger partial charge in [0.05, 0.1) is 38.6 Å². The van der Waals surface area contributed by atoms with Crippen molar-refractivity contribution < 1.29 is 44.4 Å². The number of benzene rings is 2. The summed E-state index contributed by atoms with van der Waals surface area (Å²) in [6, 6.07) is 21.5. The molecule has 3 rings (SSSR count). The van der Waals surface area contributed by atoms with Gasteiger partial charge < -0.3 is 18.6 Å². The molecular weight excluding hydrogens is 565 g/mol. The lowest BCUT2D eigenvalue weighted by atomic mass is 9.98. The van der Waals surface area contributed by atoms with Crippen LogP contribution in [0.4, 0.5) is 13.2 Å². The van der Waals surface area contributed by atoms with Crippen LogP contribution in [-0.4, -0.2) is 59.9 Å². The van der Waals surface area contributed by atoms with Gasteiger partial charge in [0.15, 0.2) is 8.32 Å². The number of halogens is 3. The van der Waals surface area contributed by atoms with Gasteiger partial charge in [-0.05, 0) is 29.3 Å². The van der Waals surface area contributed by atoms with Gasteiger partial charge in [0.25, 0.3) is 0 Å². The summed E-state index contributed by atoms with van der Waals surface area (Å²) in [7, 11) is -8.06. The molecule has 224 valence electrons. The molecule has 7 nitrogen and oxygen atoms in total. The molecule has 0 N–H and O–H groups in total. The van der Waals surface area contributed by atoms with Crippen LogP contribution >= 0.6 is 0 Å². The third kappa shape index (κ3) is 9.10. The molecule has 1 fully saturated rings. The molecule has 1 heterocycles. The zero-order chi connectivity index (χ0) is 29.2. The highest BCUT2D eigenvalue weighted by atomic mass is 32.2. The third-order valence-corrected chi connectivity index (χ3v) is 13.0. The molecule has 0 amide bonds. The van der Waals surface area contributed by atoms with Gasteiger partial charge in [-0.1, -0.05) is 81.4 Å². The summed E-state index contributed by atoms with van der Waals surface area (Å²) >= 11 is 0. The number of alkyl halides is 3. The van der Waals surface area contributed by atoms with Crippen LogP contribution in [0, 0.1) is 0 Å². The Hall–Kier alpha value is -1.80. The van der Waals surface area contributed by atoms with E-state index in [1.54, 1.807) is 0 Å². The second kappa shape index (κ2) is 14.9. The van der Waals surface area contributed by atoms with Crippen LogP contribution in [0.1, 0.15) is 38.3 Å². The van der Waals surface area contributed by atoms with Gasteiger partial charge in [-0.15, -0.1) is 0 Å². The average Bonchev–Trinajstić information content (AvgIpc) is 2.95. The van der Waals surface area contributed by atoms with Gasteiger partial charge >= 0.3 is 15.6 Å². The maximum absolute atomic E-state index is 13.0. The second-order valence-electron chi connectivity index (χ2n) is 9.87. The van der Waals surface area contributed by atoms with Gasteiger partial charge in [-0.2, -0.15) is 21.6 Å². The molecule has 0 bridgehead atoms. The maximum Gasteiger partial charge on any atom is 0.523 e. The Morgan fingerprint density at radius 3 is 1.88 bits per heavy atom. The van der Waals surface area contributed by atoms with Gasteiger partial charge in [0.2, 0.25) is 0 Å². The van der Waals surface area contributed by atoms with Crippen LogP contribution in [-0.2, 0) is 46.2 Å². The Balaban J connectivity index is 1.82. The Kier molecular flexibility index (Phi) is 12.2. The SMILES string of the molecule is CC[Si](CC)(CC)O[C@@H]1C[C@H](OCc2ccccc2)[C@@H](COCc2ccccc2)O[C@H]1COS(=O)(=O)C(F)(F)F. The molecule has 0 spiro atoms. The Labute approximate surface area is 236 Å². The predicted octanol–water partition coefficient (Wildman–Crippen LogP) is 6.20. The standard InChI is InChI=1S/C28H39F3O7SSi/c1-4-40(5-2,6-3)38-25-17-24(35-19-23-15-11-8-12-16-23)26(20-34-18-22-13-9-7-10-14-22)37-27(25)21-36-39(32,33)28(29,30)31/h7-16,24-27H,4-6,17-21H2,1-3H3/t24-,25+,26+,27-/m0/s1. The first-order valence-electron chi connectivity index (χ1n) is 13.6. The smallest absolute Gasteiger partial charge is 0.411 e. The van der Waals surface area contributed by atoms with E-state index in [0.717, 1.165) is 29.3 Å². The molecular formula is C28H39F3O7SSi. The van der Waals surface area contributed by atoms with Crippen molar-refractivity contribution in [1.82, 2.24) is 0 Å². The van der Waals surface area contributed by atoms with E-state index in [9.17, 15) is 21.6 Å². The minimum atomic E-state index is -5.80. The molecule has 2 aromatic rings. The lowest BCUT2D eigenvalue weighted by molar-refractivity contribution is -0.205. The molecule has 1 aliphatic heterocycles. The van der Waals surface area contributed by atoms with Gasteiger partial charge in [0.1, 0.15) is 12.2 Å². The van der Waals surface area contributed by atoms with E-state index in [2.05, 4.69) is 4.18 Å². The van der Waals surface area contributed by atoms with E-state index in [0.29, 0.717) is 13.0 Å². The van der Waals surface area contributed by atoms with Crippen molar-refractivity contribution in [2.45, 2.75) is 88.5 Å². The minimum absolute atomic E-state index is 0.0848. The highest BCUT2D eigenvalue weighted by Crippen LogP contribution is 2.33. The van der Waals surface area contributed by atoms with Crippen molar-refractivity contribution in [3.8, 4) is 0 Å². The van der Waals surface area contributed by atoms with Crippen molar-refractivity contribution >= 4 is 18.4 Å². The summed E-state index contributed by atoms with van der Waals surface area (Å²) in [5.74, 6) is 0. The monoisotopic (exact) mass is 604 g/mol. The number of ether oxygens (including phenoxy) is 3. The van der Waals surface area contributed by atoms with Crippen LogP contribution in [0.5, 0.6) is 0 Å². The second-order valence-corrected chi connectivity index (χ2v) is 16.2. The molecule has 4 atom stereocenters. The summed E-state index contributed by atoms with van der Waals surface area (Å²) in [6.45, 7) is 5.95. The largest absolute Gasteiger partial charge is 0.523 e. The summed E-state index contributed by atoms with van der Waals surface area (Å²) in [5, 5.41) is 0. The number of hydrogen-bond donors (Lipinski definition) is 0. The van der Waals surface area contributed by atoms with Crippen LogP contribution in [0.3, 0.4) is 0 Å². The highest BCUT2D eigenvalue weighted by molar-refractivity contribution is 7.87. The summed E-state index contributed by atoms with van der Waals surface area (Å²) < 4.78 is 92.0. The van der Waals surface area contributed by atoms with Crippen molar-refractivity contribution in [3.63, 3.8) is 0 Å². The number of rotatable bonds is 15. The fourth-order valence-corrected chi connectivity index (χ4v) is 8.05.